The molecule has 2 aromatic rings. The van der Waals surface area contributed by atoms with Gasteiger partial charge in [-0.3, -0.25) is 9.59 Å². The van der Waals surface area contributed by atoms with Gasteiger partial charge in [0.25, 0.3) is 11.5 Å². The number of carbonyl (C=O) groups is 1. The third-order valence-electron chi connectivity index (χ3n) is 3.43. The van der Waals surface area contributed by atoms with Gasteiger partial charge >= 0.3 is 0 Å². The molecule has 1 aromatic carbocycles. The molecule has 1 aliphatic heterocycles. The van der Waals surface area contributed by atoms with E-state index in [9.17, 15) is 9.59 Å². The van der Waals surface area contributed by atoms with Crippen molar-refractivity contribution in [2.24, 2.45) is 7.05 Å². The lowest BCUT2D eigenvalue weighted by molar-refractivity contribution is 0.0946. The summed E-state index contributed by atoms with van der Waals surface area (Å²) in [6.07, 6.45) is 2.56. The van der Waals surface area contributed by atoms with Crippen molar-refractivity contribution in [2.45, 2.75) is 6.42 Å². The van der Waals surface area contributed by atoms with Gasteiger partial charge in [-0.15, -0.1) is 0 Å². The van der Waals surface area contributed by atoms with Crippen LogP contribution in [0.1, 0.15) is 15.9 Å². The molecule has 0 atom stereocenters. The molecule has 0 fully saturated rings. The third kappa shape index (κ3) is 2.30. The molecule has 102 valence electrons. The zero-order chi connectivity index (χ0) is 14.1. The summed E-state index contributed by atoms with van der Waals surface area (Å²) < 4.78 is 1.51. The molecule has 0 saturated heterocycles. The van der Waals surface area contributed by atoms with Crippen molar-refractivity contribution in [3.05, 3.63) is 58.0 Å². The number of pyridine rings is 1. The molecule has 0 bridgehead atoms. The van der Waals surface area contributed by atoms with Crippen LogP contribution in [-0.4, -0.2) is 17.0 Å². The minimum absolute atomic E-state index is 0.0427. The van der Waals surface area contributed by atoms with E-state index in [2.05, 4.69) is 10.6 Å². The first-order valence-electron chi connectivity index (χ1n) is 6.48. The van der Waals surface area contributed by atoms with E-state index < -0.39 is 0 Å². The number of fused-ring (bicyclic) bond motifs is 1. The fraction of sp³-hybridized carbons (Fsp3) is 0.200. The quantitative estimate of drug-likeness (QED) is 0.866. The zero-order valence-electron chi connectivity index (χ0n) is 11.1. The Morgan fingerprint density at radius 1 is 1.15 bits per heavy atom. The van der Waals surface area contributed by atoms with Crippen LogP contribution in [0.15, 0.2) is 41.3 Å². The van der Waals surface area contributed by atoms with Crippen molar-refractivity contribution in [3.8, 4) is 0 Å². The summed E-state index contributed by atoms with van der Waals surface area (Å²) in [6.45, 7) is 0.688. The van der Waals surface area contributed by atoms with Gasteiger partial charge in [0.2, 0.25) is 0 Å². The second kappa shape index (κ2) is 4.85. The van der Waals surface area contributed by atoms with Crippen LogP contribution >= 0.6 is 0 Å². The maximum atomic E-state index is 11.8. The molecule has 0 aliphatic carbocycles. The van der Waals surface area contributed by atoms with E-state index in [1.807, 2.05) is 24.3 Å². The molecule has 3 rings (SSSR count). The second-order valence-corrected chi connectivity index (χ2v) is 4.87. The van der Waals surface area contributed by atoms with E-state index in [0.717, 1.165) is 17.7 Å². The Balaban J connectivity index is 1.91. The summed E-state index contributed by atoms with van der Waals surface area (Å²) in [5.74, 6) is -0.0427. The van der Waals surface area contributed by atoms with Gasteiger partial charge in [-0.1, -0.05) is 6.07 Å². The Labute approximate surface area is 116 Å². The van der Waals surface area contributed by atoms with Crippen LogP contribution in [0.2, 0.25) is 0 Å². The predicted molar refractivity (Wildman–Crippen MR) is 77.4 cm³/mol. The molecule has 1 amide bonds. The lowest BCUT2D eigenvalue weighted by Gasteiger charge is -2.17. The van der Waals surface area contributed by atoms with E-state index in [-0.39, 0.29) is 11.5 Å². The summed E-state index contributed by atoms with van der Waals surface area (Å²) in [4.78, 5) is 23.4. The van der Waals surface area contributed by atoms with Gasteiger partial charge in [-0.2, -0.15) is 0 Å². The Bertz CT molecular complexity index is 734. The van der Waals surface area contributed by atoms with Crippen LogP contribution in [0.3, 0.4) is 0 Å². The smallest absolute Gasteiger partial charge is 0.252 e. The highest BCUT2D eigenvalue weighted by Gasteiger charge is 2.16. The summed E-state index contributed by atoms with van der Waals surface area (Å²) >= 11 is 0. The van der Waals surface area contributed by atoms with Gasteiger partial charge in [0.15, 0.2) is 0 Å². The summed E-state index contributed by atoms with van der Waals surface area (Å²) in [7, 11) is 1.70. The fourth-order valence-electron chi connectivity index (χ4n) is 2.28. The van der Waals surface area contributed by atoms with Crippen molar-refractivity contribution >= 4 is 17.3 Å². The predicted octanol–water partition coefficient (Wildman–Crippen LogP) is 1.41. The number of hydrogen-bond donors (Lipinski definition) is 2. The van der Waals surface area contributed by atoms with Gasteiger partial charge in [0.1, 0.15) is 0 Å². The summed E-state index contributed by atoms with van der Waals surface area (Å²) in [5, 5.41) is 5.98. The van der Waals surface area contributed by atoms with Crippen molar-refractivity contribution in [3.63, 3.8) is 0 Å². The molecule has 5 nitrogen and oxygen atoms in total. The van der Waals surface area contributed by atoms with Crippen LogP contribution in [0.4, 0.5) is 11.4 Å². The molecule has 1 aromatic heterocycles. The third-order valence-corrected chi connectivity index (χ3v) is 3.43. The topological polar surface area (TPSA) is 63.1 Å². The number of aryl methyl sites for hydroxylation is 1. The molecule has 2 heterocycles. The van der Waals surface area contributed by atoms with Crippen LogP contribution in [-0.2, 0) is 13.5 Å². The van der Waals surface area contributed by atoms with Crippen molar-refractivity contribution in [1.82, 2.24) is 9.88 Å². The lowest BCUT2D eigenvalue weighted by Crippen LogP contribution is -2.31. The largest absolute Gasteiger partial charge is 0.355 e. The molecule has 1 aliphatic rings. The Kier molecular flexibility index (Phi) is 3.02. The minimum Gasteiger partial charge on any atom is -0.355 e. The first kappa shape index (κ1) is 12.5. The van der Waals surface area contributed by atoms with Crippen LogP contribution < -0.4 is 16.2 Å². The van der Waals surface area contributed by atoms with Crippen molar-refractivity contribution in [1.29, 1.82) is 0 Å². The highest BCUT2D eigenvalue weighted by Crippen LogP contribution is 2.21. The number of anilines is 2. The molecular weight excluding hydrogens is 254 g/mol. The first-order valence-corrected chi connectivity index (χ1v) is 6.48. The lowest BCUT2D eigenvalue weighted by atomic mass is 10.00. The Morgan fingerprint density at radius 3 is 2.75 bits per heavy atom. The highest BCUT2D eigenvalue weighted by molar-refractivity contribution is 5.97. The Hall–Kier alpha value is -2.56. The average Bonchev–Trinajstić information content (AvgIpc) is 2.44. The SMILES string of the molecule is Cn1ccc(Nc2ccc3c(c2)C(=O)NCC3)cc1=O. The van der Waals surface area contributed by atoms with E-state index >= 15 is 0 Å². The van der Waals surface area contributed by atoms with Crippen LogP contribution in [0, 0.1) is 0 Å². The summed E-state index contributed by atoms with van der Waals surface area (Å²) in [5.41, 5.74) is 3.19. The van der Waals surface area contributed by atoms with Gasteiger partial charge in [0.05, 0.1) is 0 Å². The maximum absolute atomic E-state index is 11.8. The monoisotopic (exact) mass is 269 g/mol. The van der Waals surface area contributed by atoms with E-state index in [4.69, 9.17) is 0 Å². The molecule has 2 N–H and O–H groups in total. The molecule has 20 heavy (non-hydrogen) atoms. The second-order valence-electron chi connectivity index (χ2n) is 4.87. The molecule has 0 spiro atoms. The average molecular weight is 269 g/mol. The summed E-state index contributed by atoms with van der Waals surface area (Å²) in [6, 6.07) is 9.05. The number of nitrogens with one attached hydrogen (secondary N) is 2. The van der Waals surface area contributed by atoms with Crippen LogP contribution in [0.5, 0.6) is 0 Å². The molecular formula is C15H15N3O2. The minimum atomic E-state index is -0.0781. The highest BCUT2D eigenvalue weighted by atomic mass is 16.1. The number of hydrogen-bond acceptors (Lipinski definition) is 3. The van der Waals surface area contributed by atoms with E-state index in [0.29, 0.717) is 17.8 Å². The first-order chi connectivity index (χ1) is 9.63. The normalized spacial score (nSPS) is 13.6. The molecule has 0 saturated carbocycles. The standard InChI is InChI=1S/C15H15N3O2/c1-18-7-5-12(9-14(18)19)17-11-3-2-10-4-6-16-15(20)13(10)8-11/h2-3,5,7-9,17H,4,6H2,1H3,(H,16,20). The number of rotatable bonds is 2. The van der Waals surface area contributed by atoms with Crippen LogP contribution in [0.25, 0.3) is 0 Å². The number of benzene rings is 1. The molecule has 5 heteroatoms. The Morgan fingerprint density at radius 2 is 1.95 bits per heavy atom. The van der Waals surface area contributed by atoms with Gasteiger partial charge in [0, 0.05) is 42.8 Å². The number of carbonyl (C=O) groups excluding carboxylic acids is 1. The maximum Gasteiger partial charge on any atom is 0.252 e. The number of aromatic nitrogens is 1. The fourth-order valence-corrected chi connectivity index (χ4v) is 2.28. The van der Waals surface area contributed by atoms with Crippen molar-refractivity contribution in [2.75, 3.05) is 11.9 Å². The van der Waals surface area contributed by atoms with E-state index in [1.54, 1.807) is 13.2 Å². The molecule has 0 radical (unpaired) electrons. The number of nitrogens with zero attached hydrogens (tertiary/aromatic N) is 1. The van der Waals surface area contributed by atoms with E-state index in [1.165, 1.54) is 10.6 Å². The van der Waals surface area contributed by atoms with Gasteiger partial charge < -0.3 is 15.2 Å². The number of amides is 1. The van der Waals surface area contributed by atoms with Gasteiger partial charge in [-0.25, -0.2) is 0 Å². The van der Waals surface area contributed by atoms with Gasteiger partial charge in [-0.05, 0) is 30.2 Å². The van der Waals surface area contributed by atoms with Crippen molar-refractivity contribution < 1.29 is 4.79 Å². The zero-order valence-corrected chi connectivity index (χ0v) is 11.1. The molecule has 0 unspecified atom stereocenters.